The highest BCUT2D eigenvalue weighted by Gasteiger charge is 2.37. The summed E-state index contributed by atoms with van der Waals surface area (Å²) in [5, 5.41) is 10.2. The van der Waals surface area contributed by atoms with E-state index in [2.05, 4.69) is 41.3 Å². The molecule has 3 nitrogen and oxygen atoms in total. The number of rotatable bonds is 5. The average molecular weight is 351 g/mol. The first-order valence-corrected chi connectivity index (χ1v) is 9.76. The van der Waals surface area contributed by atoms with Crippen LogP contribution in [0.25, 0.3) is 0 Å². The lowest BCUT2D eigenvalue weighted by Gasteiger charge is -2.43. The molecule has 0 spiro atoms. The molecule has 1 fully saturated rings. The minimum absolute atomic E-state index is 0.0243. The van der Waals surface area contributed by atoms with Gasteiger partial charge in [0.1, 0.15) is 5.75 Å². The Hall–Kier alpha value is -1.84. The molecule has 1 aliphatic carbocycles. The SMILES string of the molecule is COc1ccc(CC2(CO)CCN(C3Cc4ccccc4C3)CC2)cc1. The molecule has 0 unspecified atom stereocenters. The fraction of sp³-hybridized carbons (Fsp3) is 0.478. The van der Waals surface area contributed by atoms with Crippen LogP contribution in [0.15, 0.2) is 48.5 Å². The number of hydrogen-bond acceptors (Lipinski definition) is 3. The quantitative estimate of drug-likeness (QED) is 0.895. The summed E-state index contributed by atoms with van der Waals surface area (Å²) < 4.78 is 5.25. The molecule has 0 aromatic heterocycles. The molecule has 0 radical (unpaired) electrons. The van der Waals surface area contributed by atoms with E-state index in [1.165, 1.54) is 29.5 Å². The van der Waals surface area contributed by atoms with Gasteiger partial charge in [-0.15, -0.1) is 0 Å². The number of nitrogens with zero attached hydrogens (tertiary/aromatic N) is 1. The van der Waals surface area contributed by atoms with Gasteiger partial charge in [0.15, 0.2) is 0 Å². The monoisotopic (exact) mass is 351 g/mol. The first-order chi connectivity index (χ1) is 12.7. The predicted octanol–water partition coefficient (Wildman–Crippen LogP) is 3.48. The average Bonchev–Trinajstić information content (AvgIpc) is 3.13. The van der Waals surface area contributed by atoms with Crippen LogP contribution >= 0.6 is 0 Å². The predicted molar refractivity (Wildman–Crippen MR) is 105 cm³/mol. The van der Waals surface area contributed by atoms with Crippen molar-refractivity contribution in [2.24, 2.45) is 5.41 Å². The van der Waals surface area contributed by atoms with Crippen LogP contribution in [0.3, 0.4) is 0 Å². The Morgan fingerprint density at radius 3 is 2.15 bits per heavy atom. The van der Waals surface area contributed by atoms with Crippen LogP contribution in [0, 0.1) is 5.41 Å². The van der Waals surface area contributed by atoms with E-state index in [1.54, 1.807) is 7.11 Å². The van der Waals surface area contributed by atoms with Crippen LogP contribution in [0.1, 0.15) is 29.5 Å². The van der Waals surface area contributed by atoms with E-state index < -0.39 is 0 Å². The lowest BCUT2D eigenvalue weighted by atomic mass is 9.74. The van der Waals surface area contributed by atoms with Crippen LogP contribution in [0.5, 0.6) is 5.75 Å². The highest BCUT2D eigenvalue weighted by molar-refractivity contribution is 5.33. The third kappa shape index (κ3) is 3.51. The van der Waals surface area contributed by atoms with Crippen molar-refractivity contribution in [1.82, 2.24) is 4.90 Å². The molecule has 0 amide bonds. The fourth-order valence-electron chi connectivity index (χ4n) is 4.72. The molecule has 138 valence electrons. The number of piperidine rings is 1. The number of fused-ring (bicyclic) bond motifs is 1. The lowest BCUT2D eigenvalue weighted by molar-refractivity contribution is 0.0289. The van der Waals surface area contributed by atoms with Gasteiger partial charge in [0.25, 0.3) is 0 Å². The van der Waals surface area contributed by atoms with Crippen molar-refractivity contribution in [3.05, 3.63) is 65.2 Å². The Morgan fingerprint density at radius 2 is 1.62 bits per heavy atom. The summed E-state index contributed by atoms with van der Waals surface area (Å²) in [4.78, 5) is 2.65. The second-order valence-electron chi connectivity index (χ2n) is 8.05. The second-order valence-corrected chi connectivity index (χ2v) is 8.05. The van der Waals surface area contributed by atoms with Gasteiger partial charge in [-0.1, -0.05) is 36.4 Å². The highest BCUT2D eigenvalue weighted by atomic mass is 16.5. The zero-order valence-corrected chi connectivity index (χ0v) is 15.7. The van der Waals surface area contributed by atoms with E-state index in [0.717, 1.165) is 38.1 Å². The molecule has 2 aromatic rings. The summed E-state index contributed by atoms with van der Waals surface area (Å²) >= 11 is 0. The zero-order valence-electron chi connectivity index (χ0n) is 15.7. The van der Waals surface area contributed by atoms with Gasteiger partial charge in [-0.05, 0) is 79.4 Å². The number of hydrogen-bond donors (Lipinski definition) is 1. The molecule has 0 bridgehead atoms. The first-order valence-electron chi connectivity index (χ1n) is 9.76. The molecular formula is C23H29NO2. The van der Waals surface area contributed by atoms with Crippen LogP contribution < -0.4 is 4.74 Å². The molecule has 26 heavy (non-hydrogen) atoms. The van der Waals surface area contributed by atoms with Crippen molar-refractivity contribution in [3.8, 4) is 5.75 Å². The number of benzene rings is 2. The molecule has 1 N–H and O–H groups in total. The van der Waals surface area contributed by atoms with Crippen molar-refractivity contribution in [3.63, 3.8) is 0 Å². The Kier molecular flexibility index (Phi) is 5.01. The van der Waals surface area contributed by atoms with Crippen molar-refractivity contribution in [2.75, 3.05) is 26.8 Å². The Balaban J connectivity index is 1.38. The van der Waals surface area contributed by atoms with Gasteiger partial charge in [-0.25, -0.2) is 0 Å². The minimum Gasteiger partial charge on any atom is -0.497 e. The van der Waals surface area contributed by atoms with E-state index >= 15 is 0 Å². The van der Waals surface area contributed by atoms with Crippen LogP contribution in [0.2, 0.25) is 0 Å². The van der Waals surface area contributed by atoms with E-state index in [9.17, 15) is 5.11 Å². The van der Waals surface area contributed by atoms with Crippen molar-refractivity contribution in [1.29, 1.82) is 0 Å². The maximum Gasteiger partial charge on any atom is 0.118 e. The van der Waals surface area contributed by atoms with Crippen molar-refractivity contribution in [2.45, 2.75) is 38.1 Å². The molecule has 0 saturated carbocycles. The summed E-state index contributed by atoms with van der Waals surface area (Å²) in [5.74, 6) is 0.891. The topological polar surface area (TPSA) is 32.7 Å². The van der Waals surface area contributed by atoms with Crippen LogP contribution in [0.4, 0.5) is 0 Å². The smallest absolute Gasteiger partial charge is 0.118 e. The molecule has 1 saturated heterocycles. The normalized spacial score (nSPS) is 20.1. The highest BCUT2D eigenvalue weighted by Crippen LogP contribution is 2.37. The molecule has 0 atom stereocenters. The molecule has 1 heterocycles. The van der Waals surface area contributed by atoms with E-state index in [-0.39, 0.29) is 12.0 Å². The Labute approximate surface area is 156 Å². The number of ether oxygens (including phenoxy) is 1. The molecule has 3 heteroatoms. The maximum atomic E-state index is 10.2. The number of aliphatic hydroxyl groups excluding tert-OH is 1. The number of aliphatic hydroxyl groups is 1. The zero-order chi connectivity index (χ0) is 18.0. The van der Waals surface area contributed by atoms with Gasteiger partial charge in [0.2, 0.25) is 0 Å². The molecule has 4 rings (SSSR count). The van der Waals surface area contributed by atoms with Crippen LogP contribution in [-0.4, -0.2) is 42.9 Å². The molecule has 2 aliphatic rings. The summed E-state index contributed by atoms with van der Waals surface area (Å²) in [5.41, 5.74) is 4.36. The standard InChI is InChI=1S/C23H29NO2/c1-26-22-8-6-18(7-9-22)16-23(17-25)10-12-24(13-11-23)21-14-19-4-2-3-5-20(19)15-21/h2-9,21,25H,10-17H2,1H3. The van der Waals surface area contributed by atoms with Gasteiger partial charge in [-0.3, -0.25) is 4.90 Å². The third-order valence-electron chi connectivity index (χ3n) is 6.48. The summed E-state index contributed by atoms with van der Waals surface area (Å²) in [6.07, 6.45) is 5.46. The molecular weight excluding hydrogens is 322 g/mol. The van der Waals surface area contributed by atoms with Gasteiger partial charge in [0.05, 0.1) is 7.11 Å². The van der Waals surface area contributed by atoms with Gasteiger partial charge in [0, 0.05) is 12.6 Å². The first kappa shape index (κ1) is 17.6. The fourth-order valence-corrected chi connectivity index (χ4v) is 4.72. The largest absolute Gasteiger partial charge is 0.497 e. The maximum absolute atomic E-state index is 10.2. The van der Waals surface area contributed by atoms with Gasteiger partial charge < -0.3 is 9.84 Å². The molecule has 2 aromatic carbocycles. The Morgan fingerprint density at radius 1 is 1.00 bits per heavy atom. The van der Waals surface area contributed by atoms with Gasteiger partial charge in [-0.2, -0.15) is 0 Å². The second kappa shape index (κ2) is 7.42. The van der Waals surface area contributed by atoms with Crippen molar-refractivity contribution >= 4 is 0 Å². The van der Waals surface area contributed by atoms with Crippen LogP contribution in [-0.2, 0) is 19.3 Å². The van der Waals surface area contributed by atoms with Gasteiger partial charge >= 0.3 is 0 Å². The summed E-state index contributed by atoms with van der Waals surface area (Å²) in [6.45, 7) is 2.46. The Bertz CT molecular complexity index is 707. The van der Waals surface area contributed by atoms with E-state index in [0.29, 0.717) is 6.04 Å². The van der Waals surface area contributed by atoms with E-state index in [4.69, 9.17) is 4.74 Å². The molecule has 1 aliphatic heterocycles. The lowest BCUT2D eigenvalue weighted by Crippen LogP contribution is -2.47. The number of methoxy groups -OCH3 is 1. The minimum atomic E-state index is 0.0243. The third-order valence-corrected chi connectivity index (χ3v) is 6.48. The van der Waals surface area contributed by atoms with Crippen molar-refractivity contribution < 1.29 is 9.84 Å². The summed E-state index contributed by atoms with van der Waals surface area (Å²) in [6, 6.07) is 17.8. The number of likely N-dealkylation sites (tertiary alicyclic amines) is 1. The summed E-state index contributed by atoms with van der Waals surface area (Å²) in [7, 11) is 1.70. The van der Waals surface area contributed by atoms with E-state index in [1.807, 2.05) is 12.1 Å².